The molecule has 1 rings (SSSR count). The third kappa shape index (κ3) is 5.12. The lowest BCUT2D eigenvalue weighted by Crippen LogP contribution is -2.37. The predicted molar refractivity (Wildman–Crippen MR) is 77.1 cm³/mol. The van der Waals surface area contributed by atoms with Crippen LogP contribution in [-0.2, 0) is 9.59 Å². The van der Waals surface area contributed by atoms with Gasteiger partial charge in [0.05, 0.1) is 0 Å². The van der Waals surface area contributed by atoms with Gasteiger partial charge in [-0.05, 0) is 31.0 Å². The number of anilines is 1. The molecule has 0 aliphatic heterocycles. The largest absolute Gasteiger partial charge is 0.354 e. The van der Waals surface area contributed by atoms with E-state index in [1.807, 2.05) is 38.1 Å². The van der Waals surface area contributed by atoms with Crippen LogP contribution in [0.15, 0.2) is 24.3 Å². The Morgan fingerprint density at radius 3 is 2.63 bits per heavy atom. The summed E-state index contributed by atoms with van der Waals surface area (Å²) in [5.74, 6) is 0.0191. The molecule has 0 radical (unpaired) electrons. The lowest BCUT2D eigenvalue weighted by atomic mass is 10.2. The fraction of sp³-hybridized carbons (Fsp3) is 0.467. The van der Waals surface area contributed by atoms with Crippen LogP contribution in [0, 0.1) is 6.92 Å². The van der Waals surface area contributed by atoms with Gasteiger partial charge in [0.15, 0.2) is 0 Å². The van der Waals surface area contributed by atoms with Gasteiger partial charge in [-0.1, -0.05) is 19.1 Å². The Morgan fingerprint density at radius 1 is 1.32 bits per heavy atom. The molecule has 1 N–H and O–H groups in total. The molecule has 1 aromatic rings. The monoisotopic (exact) mass is 262 g/mol. The molecule has 4 heteroatoms. The van der Waals surface area contributed by atoms with E-state index >= 15 is 0 Å². The third-order valence-corrected chi connectivity index (χ3v) is 2.83. The summed E-state index contributed by atoms with van der Waals surface area (Å²) in [6, 6.07) is 7.79. The van der Waals surface area contributed by atoms with Crippen molar-refractivity contribution in [1.29, 1.82) is 0 Å². The van der Waals surface area contributed by atoms with Crippen LogP contribution in [0.4, 0.5) is 5.69 Å². The number of rotatable bonds is 6. The summed E-state index contributed by atoms with van der Waals surface area (Å²) in [7, 11) is 0. The van der Waals surface area contributed by atoms with Crippen molar-refractivity contribution in [3.05, 3.63) is 29.8 Å². The molecule has 0 unspecified atom stereocenters. The van der Waals surface area contributed by atoms with Crippen molar-refractivity contribution in [3.8, 4) is 0 Å². The molecule has 4 nitrogen and oxygen atoms in total. The van der Waals surface area contributed by atoms with E-state index < -0.39 is 0 Å². The molecule has 0 aliphatic carbocycles. The predicted octanol–water partition coefficient (Wildman–Crippen LogP) is 2.26. The van der Waals surface area contributed by atoms with E-state index in [-0.39, 0.29) is 11.8 Å². The van der Waals surface area contributed by atoms with Crippen molar-refractivity contribution in [3.63, 3.8) is 0 Å². The molecular weight excluding hydrogens is 240 g/mol. The number of benzene rings is 1. The average molecular weight is 262 g/mol. The first kappa shape index (κ1) is 15.2. The van der Waals surface area contributed by atoms with Crippen LogP contribution >= 0.6 is 0 Å². The molecule has 0 spiro atoms. The number of carbonyl (C=O) groups is 2. The molecule has 104 valence electrons. The second-order valence-corrected chi connectivity index (χ2v) is 4.61. The Kier molecular flexibility index (Phi) is 6.06. The van der Waals surface area contributed by atoms with E-state index in [2.05, 4.69) is 5.32 Å². The zero-order chi connectivity index (χ0) is 14.3. The fourth-order valence-electron chi connectivity index (χ4n) is 1.89. The van der Waals surface area contributed by atoms with Crippen LogP contribution in [-0.4, -0.2) is 24.9 Å². The van der Waals surface area contributed by atoms with Crippen LogP contribution in [0.1, 0.15) is 32.3 Å². The van der Waals surface area contributed by atoms with E-state index in [0.717, 1.165) is 17.7 Å². The van der Waals surface area contributed by atoms with E-state index in [0.29, 0.717) is 19.5 Å². The Labute approximate surface area is 114 Å². The first-order chi connectivity index (χ1) is 9.04. The van der Waals surface area contributed by atoms with Gasteiger partial charge < -0.3 is 10.2 Å². The fourth-order valence-corrected chi connectivity index (χ4v) is 1.89. The summed E-state index contributed by atoms with van der Waals surface area (Å²) >= 11 is 0. The topological polar surface area (TPSA) is 49.4 Å². The van der Waals surface area contributed by atoms with Gasteiger partial charge in [-0.2, -0.15) is 0 Å². The van der Waals surface area contributed by atoms with Crippen LogP contribution in [0.5, 0.6) is 0 Å². The summed E-state index contributed by atoms with van der Waals surface area (Å²) in [6.45, 7) is 6.47. The molecule has 0 saturated heterocycles. The number of amides is 2. The number of hydrogen-bond acceptors (Lipinski definition) is 2. The molecule has 19 heavy (non-hydrogen) atoms. The van der Waals surface area contributed by atoms with Crippen LogP contribution in [0.25, 0.3) is 0 Å². The lowest BCUT2D eigenvalue weighted by Gasteiger charge is -2.21. The molecule has 0 heterocycles. The molecule has 0 aromatic heterocycles. The van der Waals surface area contributed by atoms with Gasteiger partial charge in [0, 0.05) is 32.1 Å². The molecule has 0 fully saturated rings. The highest BCUT2D eigenvalue weighted by atomic mass is 16.2. The van der Waals surface area contributed by atoms with Crippen molar-refractivity contribution < 1.29 is 9.59 Å². The van der Waals surface area contributed by atoms with E-state index in [4.69, 9.17) is 0 Å². The second-order valence-electron chi connectivity index (χ2n) is 4.61. The first-order valence-corrected chi connectivity index (χ1v) is 6.66. The van der Waals surface area contributed by atoms with Gasteiger partial charge in [-0.3, -0.25) is 9.59 Å². The van der Waals surface area contributed by atoms with Gasteiger partial charge in [-0.15, -0.1) is 0 Å². The average Bonchev–Trinajstić information content (AvgIpc) is 2.34. The standard InChI is InChI=1S/C15H22N2O2/c1-4-6-15(19)16-9-10-17(13(3)18)14-8-5-7-12(2)11-14/h5,7-8,11H,4,6,9-10H2,1-3H3,(H,16,19). The van der Waals surface area contributed by atoms with Crippen molar-refractivity contribution in [2.45, 2.75) is 33.6 Å². The maximum Gasteiger partial charge on any atom is 0.223 e. The van der Waals surface area contributed by atoms with Crippen molar-refractivity contribution in [1.82, 2.24) is 5.32 Å². The van der Waals surface area contributed by atoms with Crippen LogP contribution in [0.2, 0.25) is 0 Å². The van der Waals surface area contributed by atoms with Crippen molar-refractivity contribution >= 4 is 17.5 Å². The lowest BCUT2D eigenvalue weighted by molar-refractivity contribution is -0.121. The Hall–Kier alpha value is -1.84. The van der Waals surface area contributed by atoms with Crippen molar-refractivity contribution in [2.75, 3.05) is 18.0 Å². The van der Waals surface area contributed by atoms with Gasteiger partial charge in [0.2, 0.25) is 11.8 Å². The molecular formula is C15H22N2O2. The summed E-state index contributed by atoms with van der Waals surface area (Å²) in [5, 5.41) is 2.82. The van der Waals surface area contributed by atoms with E-state index in [1.165, 1.54) is 6.92 Å². The highest BCUT2D eigenvalue weighted by Gasteiger charge is 2.11. The number of aryl methyl sites for hydroxylation is 1. The van der Waals surface area contributed by atoms with Crippen LogP contribution in [0.3, 0.4) is 0 Å². The molecule has 2 amide bonds. The summed E-state index contributed by atoms with van der Waals surface area (Å²) < 4.78 is 0. The van der Waals surface area contributed by atoms with Crippen molar-refractivity contribution in [2.24, 2.45) is 0 Å². The second kappa shape index (κ2) is 7.56. The van der Waals surface area contributed by atoms with Gasteiger partial charge in [0.25, 0.3) is 0 Å². The van der Waals surface area contributed by atoms with Gasteiger partial charge in [0.1, 0.15) is 0 Å². The van der Waals surface area contributed by atoms with E-state index in [1.54, 1.807) is 4.90 Å². The number of carbonyl (C=O) groups excluding carboxylic acids is 2. The van der Waals surface area contributed by atoms with Gasteiger partial charge >= 0.3 is 0 Å². The Bertz CT molecular complexity index is 444. The smallest absolute Gasteiger partial charge is 0.223 e. The summed E-state index contributed by atoms with van der Waals surface area (Å²) in [4.78, 5) is 24.7. The minimum absolute atomic E-state index is 0.0182. The number of hydrogen-bond donors (Lipinski definition) is 1. The summed E-state index contributed by atoms with van der Waals surface area (Å²) in [5.41, 5.74) is 1.98. The minimum Gasteiger partial charge on any atom is -0.354 e. The highest BCUT2D eigenvalue weighted by molar-refractivity contribution is 5.91. The third-order valence-electron chi connectivity index (χ3n) is 2.83. The Morgan fingerprint density at radius 2 is 2.05 bits per heavy atom. The normalized spacial score (nSPS) is 10.1. The highest BCUT2D eigenvalue weighted by Crippen LogP contribution is 2.15. The number of nitrogens with one attached hydrogen (secondary N) is 1. The molecule has 0 bridgehead atoms. The Balaban J connectivity index is 2.59. The molecule has 0 atom stereocenters. The molecule has 1 aromatic carbocycles. The first-order valence-electron chi connectivity index (χ1n) is 6.66. The SMILES string of the molecule is CCCC(=O)NCCN(C(C)=O)c1cccc(C)c1. The van der Waals surface area contributed by atoms with E-state index in [9.17, 15) is 9.59 Å². The maximum atomic E-state index is 11.7. The molecule has 0 aliphatic rings. The zero-order valence-electron chi connectivity index (χ0n) is 11.9. The quantitative estimate of drug-likeness (QED) is 0.855. The number of nitrogens with zero attached hydrogens (tertiary/aromatic N) is 1. The zero-order valence-corrected chi connectivity index (χ0v) is 11.9. The molecule has 0 saturated carbocycles. The van der Waals surface area contributed by atoms with Crippen LogP contribution < -0.4 is 10.2 Å². The van der Waals surface area contributed by atoms with Gasteiger partial charge in [-0.25, -0.2) is 0 Å². The minimum atomic E-state index is -0.0182. The summed E-state index contributed by atoms with van der Waals surface area (Å²) in [6.07, 6.45) is 1.37. The maximum absolute atomic E-state index is 11.7.